The fourth-order valence-electron chi connectivity index (χ4n) is 1.72. The highest BCUT2D eigenvalue weighted by molar-refractivity contribution is 5.38. The van der Waals surface area contributed by atoms with Gasteiger partial charge in [-0.2, -0.15) is 13.2 Å². The van der Waals surface area contributed by atoms with Gasteiger partial charge in [0.1, 0.15) is 11.9 Å². The first-order valence-electron chi connectivity index (χ1n) is 5.03. The topological polar surface area (TPSA) is 28.2 Å². The van der Waals surface area contributed by atoms with Gasteiger partial charge in [0.2, 0.25) is 0 Å². The van der Waals surface area contributed by atoms with E-state index in [1.807, 2.05) is 0 Å². The molecule has 3 nitrogen and oxygen atoms in total. The molecule has 1 aromatic heterocycles. The van der Waals surface area contributed by atoms with Crippen LogP contribution in [0, 0.1) is 0 Å². The second kappa shape index (κ2) is 4.29. The number of aromatic nitrogens is 1. The van der Waals surface area contributed by atoms with Crippen LogP contribution in [0.25, 0.3) is 0 Å². The van der Waals surface area contributed by atoms with Crippen molar-refractivity contribution in [1.82, 2.24) is 10.3 Å². The molecule has 0 aromatic carbocycles. The molecule has 0 aliphatic carbocycles. The number of nitrogens with one attached hydrogen (secondary N) is 1. The first-order valence-corrected chi connectivity index (χ1v) is 5.03. The minimum atomic E-state index is -4.20. The number of hydrogen-bond donors (Lipinski definition) is 1. The van der Waals surface area contributed by atoms with Crippen molar-refractivity contribution in [3.8, 4) is 0 Å². The maximum atomic E-state index is 12.5. The van der Waals surface area contributed by atoms with Gasteiger partial charge in [0.05, 0.1) is 0 Å². The van der Waals surface area contributed by atoms with E-state index in [4.69, 9.17) is 0 Å². The Balaban J connectivity index is 2.08. The minimum absolute atomic E-state index is 0.0828. The highest BCUT2D eigenvalue weighted by Gasteiger charge is 2.42. The summed E-state index contributed by atoms with van der Waals surface area (Å²) in [6.07, 6.45) is -2.62. The molecule has 2 rings (SSSR count). The standard InChI is InChI=1S/C10H12F3N3/c11-10(12,13)8-7-16(6-5-14-8)9-3-1-2-4-15-9/h1-4,8,14H,5-7H2. The van der Waals surface area contributed by atoms with Crippen molar-refractivity contribution < 1.29 is 13.2 Å². The van der Waals surface area contributed by atoms with E-state index in [0.29, 0.717) is 18.9 Å². The number of nitrogens with zero attached hydrogens (tertiary/aromatic N) is 2. The quantitative estimate of drug-likeness (QED) is 0.792. The number of halogens is 3. The summed E-state index contributed by atoms with van der Waals surface area (Å²) >= 11 is 0. The fourth-order valence-corrected chi connectivity index (χ4v) is 1.72. The minimum Gasteiger partial charge on any atom is -0.353 e. The zero-order valence-corrected chi connectivity index (χ0v) is 8.54. The molecule has 1 N–H and O–H groups in total. The Morgan fingerprint density at radius 1 is 1.38 bits per heavy atom. The number of anilines is 1. The molecule has 0 bridgehead atoms. The summed E-state index contributed by atoms with van der Waals surface area (Å²) < 4.78 is 37.6. The van der Waals surface area contributed by atoms with Crippen LogP contribution in [-0.2, 0) is 0 Å². The van der Waals surface area contributed by atoms with Crippen molar-refractivity contribution in [2.45, 2.75) is 12.2 Å². The Labute approximate surface area is 91.3 Å². The molecule has 1 aliphatic rings. The zero-order valence-electron chi connectivity index (χ0n) is 8.54. The van der Waals surface area contributed by atoms with Crippen LogP contribution >= 0.6 is 0 Å². The normalized spacial score (nSPS) is 22.2. The predicted octanol–water partition coefficient (Wildman–Crippen LogP) is 1.42. The van der Waals surface area contributed by atoms with E-state index in [1.54, 1.807) is 29.3 Å². The van der Waals surface area contributed by atoms with Crippen molar-refractivity contribution >= 4 is 5.82 Å². The summed E-state index contributed by atoms with van der Waals surface area (Å²) in [7, 11) is 0. The molecule has 88 valence electrons. The van der Waals surface area contributed by atoms with Crippen molar-refractivity contribution in [3.63, 3.8) is 0 Å². The number of rotatable bonds is 1. The summed E-state index contributed by atoms with van der Waals surface area (Å²) in [6.45, 7) is 0.783. The lowest BCUT2D eigenvalue weighted by Crippen LogP contribution is -2.57. The van der Waals surface area contributed by atoms with E-state index in [9.17, 15) is 13.2 Å². The molecule has 1 atom stereocenters. The molecule has 1 aromatic rings. The summed E-state index contributed by atoms with van der Waals surface area (Å²) in [5, 5.41) is 2.46. The molecule has 1 saturated heterocycles. The predicted molar refractivity (Wildman–Crippen MR) is 54.3 cm³/mol. The summed E-state index contributed by atoms with van der Waals surface area (Å²) in [5.74, 6) is 0.596. The molecule has 16 heavy (non-hydrogen) atoms. The van der Waals surface area contributed by atoms with Crippen LogP contribution in [0.2, 0.25) is 0 Å². The Hall–Kier alpha value is -1.30. The third-order valence-electron chi connectivity index (χ3n) is 2.54. The van der Waals surface area contributed by atoms with E-state index in [2.05, 4.69) is 10.3 Å². The molecule has 1 unspecified atom stereocenters. The molecule has 0 radical (unpaired) electrons. The second-order valence-electron chi connectivity index (χ2n) is 3.68. The average Bonchev–Trinajstić information content (AvgIpc) is 2.29. The van der Waals surface area contributed by atoms with Gasteiger partial charge in [0.25, 0.3) is 0 Å². The molecule has 0 spiro atoms. The van der Waals surface area contributed by atoms with Crippen LogP contribution in [0.4, 0.5) is 19.0 Å². The van der Waals surface area contributed by atoms with Gasteiger partial charge >= 0.3 is 6.18 Å². The van der Waals surface area contributed by atoms with E-state index in [1.165, 1.54) is 0 Å². The van der Waals surface area contributed by atoms with Gasteiger partial charge in [-0.15, -0.1) is 0 Å². The summed E-state index contributed by atoms with van der Waals surface area (Å²) in [6, 6.07) is 3.77. The summed E-state index contributed by atoms with van der Waals surface area (Å²) in [5.41, 5.74) is 0. The van der Waals surface area contributed by atoms with Gasteiger partial charge < -0.3 is 10.2 Å². The van der Waals surface area contributed by atoms with Gasteiger partial charge in [-0.25, -0.2) is 4.98 Å². The van der Waals surface area contributed by atoms with Crippen LogP contribution in [0.3, 0.4) is 0 Å². The number of hydrogen-bond acceptors (Lipinski definition) is 3. The largest absolute Gasteiger partial charge is 0.405 e. The van der Waals surface area contributed by atoms with E-state index >= 15 is 0 Å². The smallest absolute Gasteiger partial charge is 0.353 e. The Morgan fingerprint density at radius 2 is 2.19 bits per heavy atom. The Morgan fingerprint density at radius 3 is 2.81 bits per heavy atom. The van der Waals surface area contributed by atoms with Crippen LogP contribution in [0.15, 0.2) is 24.4 Å². The molecule has 0 saturated carbocycles. The lowest BCUT2D eigenvalue weighted by Gasteiger charge is -2.35. The van der Waals surface area contributed by atoms with Crippen LogP contribution in [-0.4, -0.2) is 36.8 Å². The Bertz CT molecular complexity index is 339. The number of piperazine rings is 1. The van der Waals surface area contributed by atoms with Crippen molar-refractivity contribution in [2.24, 2.45) is 0 Å². The first kappa shape index (κ1) is 11.2. The molecular weight excluding hydrogens is 219 g/mol. The lowest BCUT2D eigenvalue weighted by atomic mass is 10.2. The lowest BCUT2D eigenvalue weighted by molar-refractivity contribution is -0.155. The average molecular weight is 231 g/mol. The molecule has 1 aliphatic heterocycles. The third-order valence-corrected chi connectivity index (χ3v) is 2.54. The van der Waals surface area contributed by atoms with Crippen LogP contribution < -0.4 is 10.2 Å². The monoisotopic (exact) mass is 231 g/mol. The molecule has 0 amide bonds. The Kier molecular flexibility index (Phi) is 3.00. The van der Waals surface area contributed by atoms with Gasteiger partial charge in [-0.1, -0.05) is 6.07 Å². The molecule has 1 fully saturated rings. The first-order chi connectivity index (χ1) is 7.57. The second-order valence-corrected chi connectivity index (χ2v) is 3.68. The van der Waals surface area contributed by atoms with Crippen molar-refractivity contribution in [1.29, 1.82) is 0 Å². The van der Waals surface area contributed by atoms with E-state index in [-0.39, 0.29) is 6.54 Å². The molecule has 2 heterocycles. The van der Waals surface area contributed by atoms with Crippen molar-refractivity contribution in [2.75, 3.05) is 24.5 Å². The maximum absolute atomic E-state index is 12.5. The molecule has 6 heteroatoms. The third kappa shape index (κ3) is 2.44. The maximum Gasteiger partial charge on any atom is 0.405 e. The highest BCUT2D eigenvalue weighted by atomic mass is 19.4. The van der Waals surface area contributed by atoms with Crippen LogP contribution in [0.5, 0.6) is 0 Å². The molecular formula is C10H12F3N3. The highest BCUT2D eigenvalue weighted by Crippen LogP contribution is 2.24. The summed E-state index contributed by atoms with van der Waals surface area (Å²) in [4.78, 5) is 5.70. The number of pyridine rings is 1. The van der Waals surface area contributed by atoms with E-state index in [0.717, 1.165) is 0 Å². The number of alkyl halides is 3. The van der Waals surface area contributed by atoms with Crippen molar-refractivity contribution in [3.05, 3.63) is 24.4 Å². The zero-order chi connectivity index (χ0) is 11.6. The fraction of sp³-hybridized carbons (Fsp3) is 0.500. The van der Waals surface area contributed by atoms with Gasteiger partial charge in [0.15, 0.2) is 0 Å². The van der Waals surface area contributed by atoms with E-state index < -0.39 is 12.2 Å². The van der Waals surface area contributed by atoms with Gasteiger partial charge in [0, 0.05) is 25.8 Å². The SMILES string of the molecule is FC(F)(F)C1CN(c2ccccn2)CCN1. The van der Waals surface area contributed by atoms with Gasteiger partial charge in [-0.05, 0) is 12.1 Å². The van der Waals surface area contributed by atoms with Gasteiger partial charge in [-0.3, -0.25) is 0 Å². The van der Waals surface area contributed by atoms with Crippen LogP contribution in [0.1, 0.15) is 0 Å².